The van der Waals surface area contributed by atoms with Crippen LogP contribution in [0.1, 0.15) is 19.8 Å². The summed E-state index contributed by atoms with van der Waals surface area (Å²) in [5.74, 6) is 1.31. The lowest BCUT2D eigenvalue weighted by molar-refractivity contribution is 0.0648. The number of nitrogens with zero attached hydrogens (tertiary/aromatic N) is 4. The fraction of sp³-hybridized carbons (Fsp3) is 0.312. The lowest BCUT2D eigenvalue weighted by Crippen LogP contribution is -2.32. The maximum atomic E-state index is 6.27. The highest BCUT2D eigenvalue weighted by Gasteiger charge is 2.28. The Labute approximate surface area is 132 Å². The molecule has 1 aromatic carbocycles. The first-order valence-corrected chi connectivity index (χ1v) is 7.70. The van der Waals surface area contributed by atoms with E-state index >= 15 is 0 Å². The summed E-state index contributed by atoms with van der Waals surface area (Å²) >= 11 is 6.27. The van der Waals surface area contributed by atoms with E-state index in [0.29, 0.717) is 16.9 Å². The average Bonchev–Trinajstić information content (AvgIpc) is 2.91. The van der Waals surface area contributed by atoms with Gasteiger partial charge in [0.25, 0.3) is 0 Å². The predicted octanol–water partition coefficient (Wildman–Crippen LogP) is 3.65. The van der Waals surface area contributed by atoms with Gasteiger partial charge in [-0.05, 0) is 30.9 Å². The van der Waals surface area contributed by atoms with Crippen LogP contribution in [0.15, 0.2) is 36.8 Å². The number of imidazole rings is 1. The molecule has 22 heavy (non-hydrogen) atoms. The Balaban J connectivity index is 1.71. The van der Waals surface area contributed by atoms with E-state index in [1.807, 2.05) is 28.8 Å². The molecule has 112 valence electrons. The molecule has 5 nitrogen and oxygen atoms in total. The number of aromatic nitrogens is 4. The zero-order valence-electron chi connectivity index (χ0n) is 12.1. The standard InChI is InChI=1S/C16H15ClN4O/c1-10-6-11(7-10)22-16-18-8-12(17)15(20-16)21-9-19-13-4-2-3-5-14(13)21/h2-5,8-11H,6-7H2,1H3. The van der Waals surface area contributed by atoms with E-state index in [0.717, 1.165) is 29.8 Å². The molecule has 1 aliphatic carbocycles. The molecule has 0 atom stereocenters. The predicted molar refractivity (Wildman–Crippen MR) is 84.5 cm³/mol. The van der Waals surface area contributed by atoms with E-state index in [2.05, 4.69) is 21.9 Å². The van der Waals surface area contributed by atoms with E-state index < -0.39 is 0 Å². The molecule has 0 unspecified atom stereocenters. The first-order chi connectivity index (χ1) is 10.7. The van der Waals surface area contributed by atoms with E-state index in [-0.39, 0.29) is 6.10 Å². The second-order valence-corrected chi connectivity index (χ2v) is 6.15. The highest BCUT2D eigenvalue weighted by Crippen LogP contribution is 2.30. The maximum Gasteiger partial charge on any atom is 0.318 e. The minimum Gasteiger partial charge on any atom is -0.460 e. The van der Waals surface area contributed by atoms with Crippen molar-refractivity contribution in [3.05, 3.63) is 41.8 Å². The zero-order chi connectivity index (χ0) is 15.1. The van der Waals surface area contributed by atoms with Gasteiger partial charge in [-0.1, -0.05) is 30.7 Å². The molecule has 0 bridgehead atoms. The third-order valence-corrected chi connectivity index (χ3v) is 4.25. The topological polar surface area (TPSA) is 52.8 Å². The largest absolute Gasteiger partial charge is 0.460 e. The van der Waals surface area contributed by atoms with Gasteiger partial charge in [-0.2, -0.15) is 4.98 Å². The van der Waals surface area contributed by atoms with Gasteiger partial charge in [-0.15, -0.1) is 0 Å². The number of rotatable bonds is 3. The van der Waals surface area contributed by atoms with Gasteiger partial charge < -0.3 is 4.74 Å². The lowest BCUT2D eigenvalue weighted by Gasteiger charge is -2.31. The zero-order valence-corrected chi connectivity index (χ0v) is 12.9. The number of benzene rings is 1. The number of para-hydroxylation sites is 2. The van der Waals surface area contributed by atoms with Crippen LogP contribution in [-0.2, 0) is 0 Å². The third kappa shape index (κ3) is 2.31. The first kappa shape index (κ1) is 13.5. The van der Waals surface area contributed by atoms with E-state index in [1.165, 1.54) is 0 Å². The monoisotopic (exact) mass is 314 g/mol. The molecule has 0 aliphatic heterocycles. The van der Waals surface area contributed by atoms with Crippen molar-refractivity contribution in [3.8, 4) is 11.8 Å². The van der Waals surface area contributed by atoms with Crippen molar-refractivity contribution in [2.24, 2.45) is 5.92 Å². The van der Waals surface area contributed by atoms with Crippen molar-refractivity contribution in [2.75, 3.05) is 0 Å². The van der Waals surface area contributed by atoms with Crippen molar-refractivity contribution in [3.63, 3.8) is 0 Å². The van der Waals surface area contributed by atoms with E-state index in [1.54, 1.807) is 12.5 Å². The third-order valence-electron chi connectivity index (χ3n) is 3.99. The smallest absolute Gasteiger partial charge is 0.318 e. The first-order valence-electron chi connectivity index (χ1n) is 7.32. The summed E-state index contributed by atoms with van der Waals surface area (Å²) in [6.07, 6.45) is 5.61. The highest BCUT2D eigenvalue weighted by atomic mass is 35.5. The van der Waals surface area contributed by atoms with Crippen LogP contribution in [0.3, 0.4) is 0 Å². The summed E-state index contributed by atoms with van der Waals surface area (Å²) in [5, 5.41) is 0.470. The van der Waals surface area contributed by atoms with Gasteiger partial charge in [-0.25, -0.2) is 9.97 Å². The minimum absolute atomic E-state index is 0.212. The molecular formula is C16H15ClN4O. The summed E-state index contributed by atoms with van der Waals surface area (Å²) in [5.41, 5.74) is 1.85. The van der Waals surface area contributed by atoms with Gasteiger partial charge >= 0.3 is 6.01 Å². The summed E-state index contributed by atoms with van der Waals surface area (Å²) < 4.78 is 7.67. The van der Waals surface area contributed by atoms with Crippen LogP contribution in [0, 0.1) is 5.92 Å². The van der Waals surface area contributed by atoms with Crippen molar-refractivity contribution in [1.82, 2.24) is 19.5 Å². The van der Waals surface area contributed by atoms with Crippen LogP contribution >= 0.6 is 11.6 Å². The van der Waals surface area contributed by atoms with Gasteiger partial charge in [0, 0.05) is 0 Å². The van der Waals surface area contributed by atoms with E-state index in [9.17, 15) is 0 Å². The van der Waals surface area contributed by atoms with Crippen LogP contribution in [-0.4, -0.2) is 25.6 Å². The van der Waals surface area contributed by atoms with Gasteiger partial charge in [0.05, 0.1) is 17.2 Å². The van der Waals surface area contributed by atoms with Crippen LogP contribution in [0.5, 0.6) is 6.01 Å². The fourth-order valence-corrected chi connectivity index (χ4v) is 2.95. The molecule has 1 aliphatic rings. The Bertz CT molecular complexity index is 826. The molecule has 0 radical (unpaired) electrons. The molecule has 1 fully saturated rings. The molecule has 4 rings (SSSR count). The molecule has 3 aromatic rings. The van der Waals surface area contributed by atoms with Crippen LogP contribution in [0.4, 0.5) is 0 Å². The average molecular weight is 315 g/mol. The molecular weight excluding hydrogens is 300 g/mol. The summed E-state index contributed by atoms with van der Waals surface area (Å²) in [4.78, 5) is 13.0. The highest BCUT2D eigenvalue weighted by molar-refractivity contribution is 6.32. The van der Waals surface area contributed by atoms with Gasteiger partial charge in [-0.3, -0.25) is 4.57 Å². The Morgan fingerprint density at radius 2 is 2.05 bits per heavy atom. The quantitative estimate of drug-likeness (QED) is 0.740. The maximum absolute atomic E-state index is 6.27. The molecule has 2 aromatic heterocycles. The van der Waals surface area contributed by atoms with Crippen molar-refractivity contribution >= 4 is 22.6 Å². The Morgan fingerprint density at radius 3 is 2.86 bits per heavy atom. The Kier molecular flexibility index (Phi) is 3.22. The van der Waals surface area contributed by atoms with Crippen LogP contribution in [0.2, 0.25) is 5.02 Å². The number of ether oxygens (including phenoxy) is 1. The molecule has 6 heteroatoms. The number of hydrogen-bond donors (Lipinski definition) is 0. The van der Waals surface area contributed by atoms with Crippen molar-refractivity contribution in [2.45, 2.75) is 25.9 Å². The summed E-state index contributed by atoms with van der Waals surface area (Å²) in [7, 11) is 0. The molecule has 0 spiro atoms. The van der Waals surface area contributed by atoms with Crippen LogP contribution in [0.25, 0.3) is 16.9 Å². The second-order valence-electron chi connectivity index (χ2n) is 5.74. The molecule has 0 amide bonds. The lowest BCUT2D eigenvalue weighted by atomic mass is 9.84. The summed E-state index contributed by atoms with van der Waals surface area (Å²) in [6.45, 7) is 2.21. The van der Waals surface area contributed by atoms with Crippen molar-refractivity contribution < 1.29 is 4.74 Å². The SMILES string of the molecule is CC1CC(Oc2ncc(Cl)c(-n3cnc4ccccc43)n2)C1. The molecule has 0 N–H and O–H groups in total. The molecule has 2 heterocycles. The van der Waals surface area contributed by atoms with E-state index in [4.69, 9.17) is 16.3 Å². The normalized spacial score (nSPS) is 20.8. The molecule has 0 saturated heterocycles. The Hall–Kier alpha value is -2.14. The van der Waals surface area contributed by atoms with Gasteiger partial charge in [0.2, 0.25) is 0 Å². The number of halogens is 1. The van der Waals surface area contributed by atoms with Gasteiger partial charge in [0.15, 0.2) is 5.82 Å². The van der Waals surface area contributed by atoms with Crippen LogP contribution < -0.4 is 4.74 Å². The summed E-state index contributed by atoms with van der Waals surface area (Å²) in [6, 6.07) is 8.22. The number of fused-ring (bicyclic) bond motifs is 1. The van der Waals surface area contributed by atoms with Gasteiger partial charge in [0.1, 0.15) is 17.5 Å². The fourth-order valence-electron chi connectivity index (χ4n) is 2.77. The van der Waals surface area contributed by atoms with Crippen molar-refractivity contribution in [1.29, 1.82) is 0 Å². The number of hydrogen-bond acceptors (Lipinski definition) is 4. The Morgan fingerprint density at radius 1 is 1.23 bits per heavy atom. The molecule has 1 saturated carbocycles. The second kappa shape index (κ2) is 5.25. The minimum atomic E-state index is 0.212.